The van der Waals surface area contributed by atoms with Gasteiger partial charge in [0.1, 0.15) is 0 Å². The number of rotatable bonds is 0. The average molecular weight is 291 g/mol. The van der Waals surface area contributed by atoms with Crippen LogP contribution in [0.15, 0.2) is 32.0 Å². The number of halogens is 2. The van der Waals surface area contributed by atoms with Crippen molar-refractivity contribution in [2.45, 2.75) is 4.90 Å². The van der Waals surface area contributed by atoms with Crippen molar-refractivity contribution >= 4 is 44.5 Å². The number of hydrogen-bond donors (Lipinski definition) is 1. The van der Waals surface area contributed by atoms with E-state index in [-0.39, 0.29) is 29.6 Å². The third kappa shape index (κ3) is 3.28. The minimum absolute atomic E-state index is 0. The molecule has 0 unspecified atom stereocenters. The zero-order valence-electron chi connectivity index (χ0n) is 5.44. The minimum Gasteiger partial charge on any atom is -0.142 e. The van der Waals surface area contributed by atoms with Crippen LogP contribution < -0.4 is 29.6 Å². The van der Waals surface area contributed by atoms with Crippen LogP contribution >= 0.6 is 44.5 Å². The summed E-state index contributed by atoms with van der Waals surface area (Å²) in [4.78, 5) is 0.948. The largest absolute Gasteiger partial charge is 1.00 e. The second-order valence-electron chi connectivity index (χ2n) is 1.60. The number of benzene rings is 1. The maximum absolute atomic E-state index is 4.19. The van der Waals surface area contributed by atoms with Crippen LogP contribution in [-0.4, -0.2) is 0 Å². The van der Waals surface area contributed by atoms with Gasteiger partial charge in [0.2, 0.25) is 0 Å². The van der Waals surface area contributed by atoms with E-state index in [0.29, 0.717) is 0 Å². The van der Waals surface area contributed by atoms with E-state index >= 15 is 0 Å². The fourth-order valence-electron chi connectivity index (χ4n) is 0.486. The van der Waals surface area contributed by atoms with Crippen LogP contribution in [0.2, 0.25) is 0 Å². The van der Waals surface area contributed by atoms with Gasteiger partial charge in [-0.3, -0.25) is 0 Å². The molecule has 0 bridgehead atoms. The Balaban J connectivity index is 0.000000810. The summed E-state index contributed by atoms with van der Waals surface area (Å²) in [5.74, 6) is 0. The zero-order valence-corrected chi connectivity index (χ0v) is 11.5. The number of thiol groups is 1. The Hall–Kier alpha value is 1.53. The molecular weight excluding hydrogens is 287 g/mol. The molecule has 0 aliphatic carbocycles. The van der Waals surface area contributed by atoms with Gasteiger partial charge in [-0.2, -0.15) is 0 Å². The molecular formula is C6H4Br2NaS+. The van der Waals surface area contributed by atoms with E-state index in [2.05, 4.69) is 44.5 Å². The summed E-state index contributed by atoms with van der Waals surface area (Å²) >= 11 is 10.8. The van der Waals surface area contributed by atoms with Gasteiger partial charge in [0, 0.05) is 13.8 Å². The van der Waals surface area contributed by atoms with Gasteiger partial charge in [-0.1, -0.05) is 15.9 Å². The minimum atomic E-state index is 0. The normalized spacial score (nSPS) is 8.70. The molecule has 0 N–H and O–H groups in total. The molecule has 0 atom stereocenters. The molecule has 0 amide bonds. The smallest absolute Gasteiger partial charge is 0.142 e. The summed E-state index contributed by atoms with van der Waals surface area (Å²) in [6.45, 7) is 0. The van der Waals surface area contributed by atoms with E-state index < -0.39 is 0 Å². The van der Waals surface area contributed by atoms with Gasteiger partial charge in [0.15, 0.2) is 0 Å². The topological polar surface area (TPSA) is 0 Å². The summed E-state index contributed by atoms with van der Waals surface area (Å²) < 4.78 is 2.07. The standard InChI is InChI=1S/C6H4Br2S.Na/c7-4-1-2-5(8)6(9)3-4;/h1-3,9H;/q;+1. The molecule has 1 aromatic carbocycles. The van der Waals surface area contributed by atoms with Crippen molar-refractivity contribution in [3.8, 4) is 0 Å². The molecule has 1 aromatic rings. The van der Waals surface area contributed by atoms with Gasteiger partial charge in [-0.15, -0.1) is 12.6 Å². The third-order valence-corrected chi connectivity index (χ3v) is 2.77. The second-order valence-corrected chi connectivity index (χ2v) is 3.85. The van der Waals surface area contributed by atoms with Crippen molar-refractivity contribution in [1.29, 1.82) is 0 Å². The molecule has 0 fully saturated rings. The van der Waals surface area contributed by atoms with Gasteiger partial charge in [0.25, 0.3) is 0 Å². The van der Waals surface area contributed by atoms with Crippen LogP contribution in [0.1, 0.15) is 0 Å². The SMILES string of the molecule is Sc1cc(Br)ccc1Br.[Na+]. The molecule has 0 saturated carbocycles. The van der Waals surface area contributed by atoms with E-state index in [1.165, 1.54) is 0 Å². The maximum Gasteiger partial charge on any atom is 1.00 e. The fourth-order valence-corrected chi connectivity index (χ4v) is 1.48. The Labute approximate surface area is 105 Å². The van der Waals surface area contributed by atoms with E-state index in [0.717, 1.165) is 13.8 Å². The van der Waals surface area contributed by atoms with Crippen molar-refractivity contribution in [3.63, 3.8) is 0 Å². The quantitative estimate of drug-likeness (QED) is 0.522. The van der Waals surface area contributed by atoms with E-state index in [9.17, 15) is 0 Å². The van der Waals surface area contributed by atoms with Crippen LogP contribution in [0.4, 0.5) is 0 Å². The van der Waals surface area contributed by atoms with E-state index in [1.54, 1.807) is 0 Å². The second kappa shape index (κ2) is 5.22. The predicted molar refractivity (Wildman–Crippen MR) is 49.1 cm³/mol. The van der Waals surface area contributed by atoms with Crippen LogP contribution in [0.3, 0.4) is 0 Å². The van der Waals surface area contributed by atoms with Gasteiger partial charge in [-0.05, 0) is 34.1 Å². The molecule has 4 heteroatoms. The fraction of sp³-hybridized carbons (Fsp3) is 0. The zero-order chi connectivity index (χ0) is 6.85. The van der Waals surface area contributed by atoms with Crippen molar-refractivity contribution in [2.24, 2.45) is 0 Å². The van der Waals surface area contributed by atoms with Crippen molar-refractivity contribution in [2.75, 3.05) is 0 Å². The van der Waals surface area contributed by atoms with Crippen LogP contribution in [0.5, 0.6) is 0 Å². The summed E-state index contributed by atoms with van der Waals surface area (Å²) in [5.41, 5.74) is 0. The first-order valence-corrected chi connectivity index (χ1v) is 4.37. The monoisotopic (exact) mass is 289 g/mol. The Bertz CT molecular complexity index is 227. The molecule has 0 saturated heterocycles. The first-order chi connectivity index (χ1) is 4.20. The van der Waals surface area contributed by atoms with Crippen molar-refractivity contribution in [3.05, 3.63) is 27.1 Å². The van der Waals surface area contributed by atoms with Gasteiger partial charge >= 0.3 is 29.6 Å². The molecule has 0 heterocycles. The van der Waals surface area contributed by atoms with Gasteiger partial charge in [-0.25, -0.2) is 0 Å². The Morgan fingerprint density at radius 3 is 2.20 bits per heavy atom. The molecule has 0 radical (unpaired) electrons. The predicted octanol–water partition coefficient (Wildman–Crippen LogP) is 0.504. The number of hydrogen-bond acceptors (Lipinski definition) is 1. The first kappa shape index (κ1) is 11.5. The molecule has 0 aliphatic rings. The van der Waals surface area contributed by atoms with Crippen LogP contribution in [-0.2, 0) is 0 Å². The molecule has 0 aliphatic heterocycles. The molecule has 0 spiro atoms. The first-order valence-electron chi connectivity index (χ1n) is 2.34. The average Bonchev–Trinajstić information content (AvgIpc) is 1.80. The summed E-state index contributed by atoms with van der Waals surface area (Å²) in [7, 11) is 0. The molecule has 10 heavy (non-hydrogen) atoms. The van der Waals surface area contributed by atoms with Crippen LogP contribution in [0.25, 0.3) is 0 Å². The van der Waals surface area contributed by atoms with Crippen molar-refractivity contribution < 1.29 is 29.6 Å². The van der Waals surface area contributed by atoms with Gasteiger partial charge < -0.3 is 0 Å². The summed E-state index contributed by atoms with van der Waals surface area (Å²) in [6.07, 6.45) is 0. The molecule has 0 nitrogen and oxygen atoms in total. The maximum atomic E-state index is 4.19. The Morgan fingerprint density at radius 2 is 1.80 bits per heavy atom. The Kier molecular flexibility index (Phi) is 6.02. The molecule has 0 aromatic heterocycles. The van der Waals surface area contributed by atoms with E-state index in [1.807, 2.05) is 18.2 Å². The molecule has 1 rings (SSSR count). The summed E-state index contributed by atoms with van der Waals surface area (Å²) in [5, 5.41) is 0. The molecule has 48 valence electrons. The third-order valence-electron chi connectivity index (χ3n) is 0.908. The van der Waals surface area contributed by atoms with Crippen molar-refractivity contribution in [1.82, 2.24) is 0 Å². The summed E-state index contributed by atoms with van der Waals surface area (Å²) in [6, 6.07) is 5.85. The van der Waals surface area contributed by atoms with Crippen LogP contribution in [0, 0.1) is 0 Å². The van der Waals surface area contributed by atoms with Gasteiger partial charge in [0.05, 0.1) is 0 Å². The Morgan fingerprint density at radius 1 is 1.20 bits per heavy atom. The van der Waals surface area contributed by atoms with E-state index in [4.69, 9.17) is 0 Å².